The van der Waals surface area contributed by atoms with Crippen LogP contribution in [0.3, 0.4) is 0 Å². The topological polar surface area (TPSA) is 49.7 Å². The number of aryl methyl sites for hydroxylation is 3. The zero-order valence-corrected chi connectivity index (χ0v) is 16.9. The van der Waals surface area contributed by atoms with Gasteiger partial charge in [0.05, 0.1) is 28.4 Å². The molecule has 142 valence electrons. The molecule has 0 radical (unpaired) electrons. The highest BCUT2D eigenvalue weighted by atomic mass is 35.5. The van der Waals surface area contributed by atoms with Crippen molar-refractivity contribution >= 4 is 17.4 Å². The fraction of sp³-hybridized carbons (Fsp3) is 0.429. The van der Waals surface area contributed by atoms with Crippen LogP contribution in [0, 0.1) is 13.8 Å². The van der Waals surface area contributed by atoms with Crippen molar-refractivity contribution in [1.29, 1.82) is 0 Å². The number of rotatable bonds is 4. The summed E-state index contributed by atoms with van der Waals surface area (Å²) in [7, 11) is 0. The summed E-state index contributed by atoms with van der Waals surface area (Å²) >= 11 is 6.52. The molecule has 3 aromatic rings. The van der Waals surface area contributed by atoms with Gasteiger partial charge in [-0.05, 0) is 50.8 Å². The van der Waals surface area contributed by atoms with Crippen molar-refractivity contribution in [3.05, 3.63) is 58.3 Å². The van der Waals surface area contributed by atoms with Crippen LogP contribution >= 0.6 is 11.6 Å². The number of hydrogen-bond acceptors (Lipinski definition) is 3. The Morgan fingerprint density at radius 1 is 1.19 bits per heavy atom. The van der Waals surface area contributed by atoms with Crippen LogP contribution in [0.1, 0.15) is 48.3 Å². The largest absolute Gasteiger partial charge is 0.356 e. The van der Waals surface area contributed by atoms with E-state index in [9.17, 15) is 0 Å². The molecule has 6 heteroatoms. The van der Waals surface area contributed by atoms with Gasteiger partial charge in [0, 0.05) is 30.8 Å². The van der Waals surface area contributed by atoms with Crippen LogP contribution in [-0.4, -0.2) is 32.8 Å². The minimum atomic E-state index is 0.525. The van der Waals surface area contributed by atoms with Crippen LogP contribution in [0.25, 0.3) is 5.69 Å². The highest BCUT2D eigenvalue weighted by Crippen LogP contribution is 2.33. The molecule has 0 aliphatic carbocycles. The van der Waals surface area contributed by atoms with Gasteiger partial charge in [-0.2, -0.15) is 5.10 Å². The van der Waals surface area contributed by atoms with E-state index in [1.165, 1.54) is 17.0 Å². The van der Waals surface area contributed by atoms with Crippen molar-refractivity contribution < 1.29 is 0 Å². The van der Waals surface area contributed by atoms with Gasteiger partial charge in [0.1, 0.15) is 5.82 Å². The average Bonchev–Trinajstić information content (AvgIpc) is 3.28. The molecule has 0 unspecified atom stereocenters. The monoisotopic (exact) mass is 383 g/mol. The van der Waals surface area contributed by atoms with E-state index >= 15 is 0 Å². The Morgan fingerprint density at radius 2 is 1.96 bits per heavy atom. The summed E-state index contributed by atoms with van der Waals surface area (Å²) < 4.78 is 2.01. The standard InChI is InChI=1S/C21H26ClN5/c1-4-16-5-6-18(22)19(12-16)27-20(11-14(2)25-27)26-9-7-17(8-10-26)21-15(3)23-13-24-21/h5-6,11-13,17H,4,7-10H2,1-3H3,(H,23,24). The van der Waals surface area contributed by atoms with Crippen LogP contribution < -0.4 is 4.90 Å². The number of aromatic amines is 1. The number of nitrogens with one attached hydrogen (secondary N) is 1. The maximum absolute atomic E-state index is 6.52. The minimum Gasteiger partial charge on any atom is -0.356 e. The van der Waals surface area contributed by atoms with Gasteiger partial charge >= 0.3 is 0 Å². The summed E-state index contributed by atoms with van der Waals surface area (Å²) in [6.07, 6.45) is 4.98. The lowest BCUT2D eigenvalue weighted by Gasteiger charge is -2.33. The van der Waals surface area contributed by atoms with Crippen molar-refractivity contribution in [2.24, 2.45) is 0 Å². The number of nitrogens with zero attached hydrogens (tertiary/aromatic N) is 4. The molecule has 27 heavy (non-hydrogen) atoms. The average molecular weight is 384 g/mol. The van der Waals surface area contributed by atoms with Crippen LogP contribution in [0.4, 0.5) is 5.82 Å². The number of H-pyrrole nitrogens is 1. The van der Waals surface area contributed by atoms with Gasteiger partial charge in [0.25, 0.3) is 0 Å². The van der Waals surface area contributed by atoms with Crippen molar-refractivity contribution in [1.82, 2.24) is 19.7 Å². The normalized spacial score (nSPS) is 15.5. The first-order chi connectivity index (χ1) is 13.1. The molecule has 3 heterocycles. The minimum absolute atomic E-state index is 0.525. The van der Waals surface area contributed by atoms with Crippen LogP contribution in [-0.2, 0) is 6.42 Å². The van der Waals surface area contributed by atoms with E-state index in [1.54, 1.807) is 6.33 Å². The van der Waals surface area contributed by atoms with Gasteiger partial charge in [-0.25, -0.2) is 9.67 Å². The third-order valence-corrected chi connectivity index (χ3v) is 5.85. The quantitative estimate of drug-likeness (QED) is 0.703. The summed E-state index contributed by atoms with van der Waals surface area (Å²) in [5, 5.41) is 5.48. The van der Waals surface area contributed by atoms with Crippen molar-refractivity contribution in [3.63, 3.8) is 0 Å². The van der Waals surface area contributed by atoms with Crippen molar-refractivity contribution in [2.45, 2.75) is 46.0 Å². The fourth-order valence-electron chi connectivity index (χ4n) is 3.99. The molecule has 1 fully saturated rings. The van der Waals surface area contributed by atoms with Crippen molar-refractivity contribution in [2.75, 3.05) is 18.0 Å². The first kappa shape index (κ1) is 18.1. The van der Waals surface area contributed by atoms with E-state index in [4.69, 9.17) is 16.7 Å². The molecule has 4 rings (SSSR count). The lowest BCUT2D eigenvalue weighted by atomic mass is 9.92. The number of benzene rings is 1. The summed E-state index contributed by atoms with van der Waals surface area (Å²) in [5.74, 6) is 1.65. The molecule has 2 aromatic heterocycles. The maximum Gasteiger partial charge on any atom is 0.132 e. The molecule has 1 aliphatic heterocycles. The number of imidazole rings is 1. The number of piperidine rings is 1. The Bertz CT molecular complexity index is 934. The fourth-order valence-corrected chi connectivity index (χ4v) is 4.19. The Kier molecular flexibility index (Phi) is 4.96. The number of hydrogen-bond donors (Lipinski definition) is 1. The molecular formula is C21H26ClN5. The molecule has 0 amide bonds. The molecule has 0 saturated carbocycles. The second-order valence-corrected chi connectivity index (χ2v) is 7.78. The number of aromatic nitrogens is 4. The molecule has 0 bridgehead atoms. The smallest absolute Gasteiger partial charge is 0.132 e. The van der Waals surface area contributed by atoms with Gasteiger partial charge < -0.3 is 9.88 Å². The summed E-state index contributed by atoms with van der Waals surface area (Å²) in [5.41, 5.74) is 5.65. The highest BCUT2D eigenvalue weighted by Gasteiger charge is 2.26. The molecular weight excluding hydrogens is 358 g/mol. The molecule has 0 atom stereocenters. The zero-order valence-electron chi connectivity index (χ0n) is 16.2. The molecule has 5 nitrogen and oxygen atoms in total. The maximum atomic E-state index is 6.52. The van der Waals surface area contributed by atoms with E-state index in [2.05, 4.69) is 46.9 Å². The van der Waals surface area contributed by atoms with Crippen molar-refractivity contribution in [3.8, 4) is 5.69 Å². The molecule has 1 saturated heterocycles. The number of anilines is 1. The molecule has 1 aliphatic rings. The summed E-state index contributed by atoms with van der Waals surface area (Å²) in [6, 6.07) is 8.37. The van der Waals surface area contributed by atoms with Crippen LogP contribution in [0.15, 0.2) is 30.6 Å². The Morgan fingerprint density at radius 3 is 2.63 bits per heavy atom. The Labute approximate surface area is 165 Å². The third kappa shape index (κ3) is 3.48. The third-order valence-electron chi connectivity index (χ3n) is 5.53. The summed E-state index contributed by atoms with van der Waals surface area (Å²) in [6.45, 7) is 8.29. The summed E-state index contributed by atoms with van der Waals surface area (Å²) in [4.78, 5) is 10.2. The van der Waals surface area contributed by atoms with Gasteiger partial charge in [0.15, 0.2) is 0 Å². The zero-order chi connectivity index (χ0) is 19.0. The van der Waals surface area contributed by atoms with Gasteiger partial charge in [-0.1, -0.05) is 24.6 Å². The predicted octanol–water partition coefficient (Wildman–Crippen LogP) is 4.81. The SMILES string of the molecule is CCc1ccc(Cl)c(-n2nc(C)cc2N2CCC(c3nc[nH]c3C)CC2)c1. The van der Waals surface area contributed by atoms with Gasteiger partial charge in [0.2, 0.25) is 0 Å². The van der Waals surface area contributed by atoms with E-state index < -0.39 is 0 Å². The molecule has 1 N–H and O–H groups in total. The van der Waals surface area contributed by atoms with Crippen LogP contribution in [0.2, 0.25) is 5.02 Å². The van der Waals surface area contributed by atoms with E-state index in [-0.39, 0.29) is 0 Å². The first-order valence-corrected chi connectivity index (χ1v) is 10.0. The Balaban J connectivity index is 1.60. The van der Waals surface area contributed by atoms with E-state index in [0.29, 0.717) is 5.92 Å². The molecule has 0 spiro atoms. The second kappa shape index (κ2) is 7.39. The van der Waals surface area contributed by atoms with Gasteiger partial charge in [-0.3, -0.25) is 0 Å². The number of halogens is 1. The Hall–Kier alpha value is -2.27. The lowest BCUT2D eigenvalue weighted by molar-refractivity contribution is 0.490. The molecule has 1 aromatic carbocycles. The lowest BCUT2D eigenvalue weighted by Crippen LogP contribution is -2.34. The first-order valence-electron chi connectivity index (χ1n) is 9.67. The van der Waals surface area contributed by atoms with E-state index in [1.807, 2.05) is 17.7 Å². The highest BCUT2D eigenvalue weighted by molar-refractivity contribution is 6.32. The second-order valence-electron chi connectivity index (χ2n) is 7.37. The van der Waals surface area contributed by atoms with Crippen LogP contribution in [0.5, 0.6) is 0 Å². The van der Waals surface area contributed by atoms with E-state index in [0.717, 1.165) is 54.6 Å². The van der Waals surface area contributed by atoms with Gasteiger partial charge in [-0.15, -0.1) is 0 Å². The predicted molar refractivity (Wildman–Crippen MR) is 110 cm³/mol.